The Hall–Kier alpha value is -4.39. The normalized spacial score (nSPS) is 16.9. The summed E-state index contributed by atoms with van der Waals surface area (Å²) in [6.45, 7) is 9.97. The van der Waals surface area contributed by atoms with E-state index in [1.807, 2.05) is 52.0 Å². The fourth-order valence-electron chi connectivity index (χ4n) is 4.82. The van der Waals surface area contributed by atoms with Crippen LogP contribution in [0.2, 0.25) is 0 Å². The first-order valence-corrected chi connectivity index (χ1v) is 12.8. The molecule has 1 N–H and O–H groups in total. The molecule has 7 heteroatoms. The van der Waals surface area contributed by atoms with Crippen molar-refractivity contribution in [3.8, 4) is 5.75 Å². The topological polar surface area (TPSA) is 93.1 Å². The number of aryl methyl sites for hydroxylation is 1. The summed E-state index contributed by atoms with van der Waals surface area (Å²) in [6, 6.07) is 18.1. The summed E-state index contributed by atoms with van der Waals surface area (Å²) in [6.07, 6.45) is 0. The minimum atomic E-state index is -0.876. The molecule has 202 valence electrons. The van der Waals surface area contributed by atoms with E-state index < -0.39 is 23.7 Å². The minimum absolute atomic E-state index is 0.00917. The number of anilines is 1. The zero-order valence-corrected chi connectivity index (χ0v) is 23.1. The Balaban J connectivity index is 1.90. The zero-order chi connectivity index (χ0) is 28.5. The molecule has 1 saturated heterocycles. The number of amides is 1. The van der Waals surface area contributed by atoms with Crippen molar-refractivity contribution in [2.24, 2.45) is 0 Å². The number of nitrogens with zero attached hydrogens (tertiary/aromatic N) is 1. The first-order chi connectivity index (χ1) is 18.5. The number of carbonyl (C=O) groups is 3. The third-order valence-corrected chi connectivity index (χ3v) is 6.74. The Kier molecular flexibility index (Phi) is 7.63. The molecule has 1 fully saturated rings. The molecular weight excluding hydrogens is 494 g/mol. The van der Waals surface area contributed by atoms with Gasteiger partial charge in [0.15, 0.2) is 0 Å². The van der Waals surface area contributed by atoms with Crippen molar-refractivity contribution in [1.82, 2.24) is 0 Å². The summed E-state index contributed by atoms with van der Waals surface area (Å²) in [5.41, 5.74) is 3.32. The summed E-state index contributed by atoms with van der Waals surface area (Å²) in [7, 11) is 1.58. The molecule has 3 aromatic rings. The highest BCUT2D eigenvalue weighted by Crippen LogP contribution is 2.43. The highest BCUT2D eigenvalue weighted by Gasteiger charge is 2.47. The van der Waals surface area contributed by atoms with E-state index >= 15 is 0 Å². The number of hydrogen-bond acceptors (Lipinski definition) is 6. The van der Waals surface area contributed by atoms with Crippen molar-refractivity contribution in [2.75, 3.05) is 18.6 Å². The number of carbonyl (C=O) groups excluding carboxylic acids is 3. The molecule has 7 nitrogen and oxygen atoms in total. The average molecular weight is 528 g/mol. The van der Waals surface area contributed by atoms with Gasteiger partial charge in [-0.15, -0.1) is 0 Å². The van der Waals surface area contributed by atoms with Gasteiger partial charge in [-0.05, 0) is 67.3 Å². The lowest BCUT2D eigenvalue weighted by molar-refractivity contribution is -0.132. The fraction of sp³-hybridized carbons (Fsp3) is 0.281. The second-order valence-electron chi connectivity index (χ2n) is 10.5. The van der Waals surface area contributed by atoms with Gasteiger partial charge in [0.05, 0.1) is 30.9 Å². The molecule has 4 rings (SSSR count). The molecule has 1 aliphatic heterocycles. The molecule has 1 heterocycles. The first kappa shape index (κ1) is 27.6. The van der Waals surface area contributed by atoms with Crippen LogP contribution < -0.4 is 9.64 Å². The Bertz CT molecular complexity index is 1460. The smallest absolute Gasteiger partial charge is 0.338 e. The Morgan fingerprint density at radius 1 is 0.974 bits per heavy atom. The summed E-state index contributed by atoms with van der Waals surface area (Å²) in [4.78, 5) is 40.5. The highest BCUT2D eigenvalue weighted by molar-refractivity contribution is 6.51. The van der Waals surface area contributed by atoms with Crippen LogP contribution in [0.4, 0.5) is 5.69 Å². The van der Waals surface area contributed by atoms with Gasteiger partial charge in [0.1, 0.15) is 11.5 Å². The maximum Gasteiger partial charge on any atom is 0.338 e. The highest BCUT2D eigenvalue weighted by atomic mass is 16.5. The molecule has 3 aromatic carbocycles. The number of hydrogen-bond donors (Lipinski definition) is 1. The molecule has 1 unspecified atom stereocenters. The van der Waals surface area contributed by atoms with Gasteiger partial charge < -0.3 is 14.6 Å². The van der Waals surface area contributed by atoms with Crippen LogP contribution >= 0.6 is 0 Å². The van der Waals surface area contributed by atoms with Crippen molar-refractivity contribution < 1.29 is 29.0 Å². The van der Waals surface area contributed by atoms with Gasteiger partial charge in [-0.2, -0.15) is 0 Å². The largest absolute Gasteiger partial charge is 0.507 e. The number of rotatable bonds is 6. The molecular formula is C32H33NO6. The van der Waals surface area contributed by atoms with Gasteiger partial charge in [0.2, 0.25) is 0 Å². The molecule has 39 heavy (non-hydrogen) atoms. The Labute approximate surface area is 228 Å². The van der Waals surface area contributed by atoms with Crippen molar-refractivity contribution >= 4 is 29.1 Å². The van der Waals surface area contributed by atoms with Crippen molar-refractivity contribution in [3.05, 3.63) is 100 Å². The van der Waals surface area contributed by atoms with Crippen LogP contribution in [0.1, 0.15) is 66.3 Å². The SMILES string of the molecule is CCOC(=O)c1ccc(N2C(=O)C(=O)/C(=C(\O)c3ccc(OC)c(C(C)(C)C)c3)C2c2cccc(C)c2)cc1. The number of aliphatic hydroxyl groups excluding tert-OH is 1. The fourth-order valence-corrected chi connectivity index (χ4v) is 4.82. The second kappa shape index (κ2) is 10.8. The Morgan fingerprint density at radius 3 is 2.23 bits per heavy atom. The molecule has 0 aromatic heterocycles. The number of ether oxygens (including phenoxy) is 2. The number of ketones is 1. The quantitative estimate of drug-likeness (QED) is 0.180. The molecule has 0 spiro atoms. The van der Waals surface area contributed by atoms with Crippen LogP contribution in [0, 0.1) is 6.92 Å². The van der Waals surface area contributed by atoms with E-state index in [0.29, 0.717) is 28.1 Å². The van der Waals surface area contributed by atoms with Crippen LogP contribution in [0.3, 0.4) is 0 Å². The first-order valence-electron chi connectivity index (χ1n) is 12.8. The standard InChI is InChI=1S/C32H33NO6/c1-7-39-31(37)20-11-14-23(15-12-20)33-27(21-10-8-9-19(2)17-21)26(29(35)30(33)36)28(34)22-13-16-25(38-6)24(18-22)32(3,4)5/h8-18,27,34H,7H2,1-6H3/b28-26-. The lowest BCUT2D eigenvalue weighted by Crippen LogP contribution is -2.29. The third-order valence-electron chi connectivity index (χ3n) is 6.74. The lowest BCUT2D eigenvalue weighted by atomic mass is 9.84. The molecule has 0 bridgehead atoms. The maximum atomic E-state index is 13.5. The molecule has 0 saturated carbocycles. The maximum absolute atomic E-state index is 13.5. The van der Waals surface area contributed by atoms with E-state index in [2.05, 4.69) is 0 Å². The predicted molar refractivity (Wildman–Crippen MR) is 150 cm³/mol. The van der Waals surface area contributed by atoms with Gasteiger partial charge >= 0.3 is 5.97 Å². The third kappa shape index (κ3) is 5.30. The molecule has 1 aliphatic rings. The van der Waals surface area contributed by atoms with E-state index in [0.717, 1.165) is 11.1 Å². The minimum Gasteiger partial charge on any atom is -0.507 e. The van der Waals surface area contributed by atoms with Crippen molar-refractivity contribution in [1.29, 1.82) is 0 Å². The van der Waals surface area contributed by atoms with E-state index in [1.165, 1.54) is 4.90 Å². The lowest BCUT2D eigenvalue weighted by Gasteiger charge is -2.26. The van der Waals surface area contributed by atoms with E-state index in [1.54, 1.807) is 56.5 Å². The molecule has 0 radical (unpaired) electrons. The van der Waals surface area contributed by atoms with Gasteiger partial charge in [-0.3, -0.25) is 14.5 Å². The summed E-state index contributed by atoms with van der Waals surface area (Å²) in [5.74, 6) is -1.64. The summed E-state index contributed by atoms with van der Waals surface area (Å²) in [5, 5.41) is 11.6. The second-order valence-corrected chi connectivity index (χ2v) is 10.5. The van der Waals surface area contributed by atoms with E-state index in [9.17, 15) is 19.5 Å². The predicted octanol–water partition coefficient (Wildman–Crippen LogP) is 6.10. The molecule has 0 aliphatic carbocycles. The summed E-state index contributed by atoms with van der Waals surface area (Å²) >= 11 is 0. The molecule has 1 amide bonds. The van der Waals surface area contributed by atoms with Crippen LogP contribution in [0.15, 0.2) is 72.3 Å². The van der Waals surface area contributed by atoms with Crippen LogP contribution in [-0.4, -0.2) is 36.5 Å². The van der Waals surface area contributed by atoms with Gasteiger partial charge in [-0.25, -0.2) is 4.79 Å². The zero-order valence-electron chi connectivity index (χ0n) is 23.1. The number of esters is 1. The number of benzene rings is 3. The van der Waals surface area contributed by atoms with E-state index in [4.69, 9.17) is 9.47 Å². The van der Waals surface area contributed by atoms with E-state index in [-0.39, 0.29) is 23.4 Å². The van der Waals surface area contributed by atoms with Crippen LogP contribution in [0.5, 0.6) is 5.75 Å². The van der Waals surface area contributed by atoms with Crippen molar-refractivity contribution in [3.63, 3.8) is 0 Å². The monoisotopic (exact) mass is 527 g/mol. The summed E-state index contributed by atoms with van der Waals surface area (Å²) < 4.78 is 10.6. The van der Waals surface area contributed by atoms with Gasteiger partial charge in [-0.1, -0.05) is 50.6 Å². The van der Waals surface area contributed by atoms with Crippen LogP contribution in [-0.2, 0) is 19.7 Å². The molecule has 1 atom stereocenters. The van der Waals surface area contributed by atoms with Gasteiger partial charge in [0, 0.05) is 16.8 Å². The average Bonchev–Trinajstić information content (AvgIpc) is 3.17. The van der Waals surface area contributed by atoms with Crippen molar-refractivity contribution in [2.45, 2.75) is 46.1 Å². The van der Waals surface area contributed by atoms with Gasteiger partial charge in [0.25, 0.3) is 11.7 Å². The van der Waals surface area contributed by atoms with Crippen LogP contribution in [0.25, 0.3) is 5.76 Å². The number of methoxy groups -OCH3 is 1. The Morgan fingerprint density at radius 2 is 1.64 bits per heavy atom. The number of Topliss-reactive ketones (excluding diaryl/α,β-unsaturated/α-hetero) is 1. The number of aliphatic hydroxyl groups is 1.